The van der Waals surface area contributed by atoms with Crippen LogP contribution < -0.4 is 11.1 Å². The molecule has 2 unspecified atom stereocenters. The number of carbonyl (C=O) groups excluding carboxylic acids is 1. The van der Waals surface area contributed by atoms with E-state index in [-0.39, 0.29) is 17.6 Å². The van der Waals surface area contributed by atoms with E-state index in [4.69, 9.17) is 15.2 Å². The minimum atomic E-state index is -0.343. The minimum absolute atomic E-state index is 0.00530. The summed E-state index contributed by atoms with van der Waals surface area (Å²) in [5, 5.41) is 2.88. The molecular formula is C12H24N2O3. The molecule has 0 aliphatic carbocycles. The summed E-state index contributed by atoms with van der Waals surface area (Å²) < 4.78 is 10.7. The van der Waals surface area contributed by atoms with Gasteiger partial charge >= 0.3 is 0 Å². The Morgan fingerprint density at radius 1 is 1.65 bits per heavy atom. The van der Waals surface area contributed by atoms with Crippen LogP contribution in [-0.4, -0.2) is 44.4 Å². The van der Waals surface area contributed by atoms with E-state index < -0.39 is 0 Å². The summed E-state index contributed by atoms with van der Waals surface area (Å²) >= 11 is 0. The maximum absolute atomic E-state index is 11.7. The van der Waals surface area contributed by atoms with Crippen LogP contribution in [0.2, 0.25) is 0 Å². The van der Waals surface area contributed by atoms with E-state index in [1.54, 1.807) is 7.11 Å². The zero-order valence-electron chi connectivity index (χ0n) is 10.8. The molecule has 5 heteroatoms. The lowest BCUT2D eigenvalue weighted by molar-refractivity contribution is -0.123. The Bertz CT molecular complexity index is 240. The van der Waals surface area contributed by atoms with Gasteiger partial charge in [-0.25, -0.2) is 0 Å². The van der Waals surface area contributed by atoms with E-state index in [0.29, 0.717) is 26.2 Å². The largest absolute Gasteiger partial charge is 0.378 e. The fourth-order valence-electron chi connectivity index (χ4n) is 2.00. The highest BCUT2D eigenvalue weighted by Crippen LogP contribution is 2.21. The van der Waals surface area contributed by atoms with E-state index in [9.17, 15) is 4.79 Å². The van der Waals surface area contributed by atoms with E-state index in [0.717, 1.165) is 19.3 Å². The Labute approximate surface area is 103 Å². The number of hydrogen-bond acceptors (Lipinski definition) is 4. The van der Waals surface area contributed by atoms with Gasteiger partial charge in [0.2, 0.25) is 5.91 Å². The Balaban J connectivity index is 2.27. The fraction of sp³-hybridized carbons (Fsp3) is 0.917. The molecule has 1 amide bonds. The van der Waals surface area contributed by atoms with Gasteiger partial charge in [-0.15, -0.1) is 0 Å². The average Bonchev–Trinajstić information content (AvgIpc) is 2.76. The summed E-state index contributed by atoms with van der Waals surface area (Å²) in [4.78, 5) is 11.7. The summed E-state index contributed by atoms with van der Waals surface area (Å²) in [6.45, 7) is 3.80. The lowest BCUT2D eigenvalue weighted by Gasteiger charge is -2.26. The number of carbonyl (C=O) groups is 1. The van der Waals surface area contributed by atoms with E-state index in [1.165, 1.54) is 0 Å². The van der Waals surface area contributed by atoms with Crippen LogP contribution in [0.15, 0.2) is 0 Å². The molecule has 1 aliphatic heterocycles. The van der Waals surface area contributed by atoms with Crippen molar-refractivity contribution in [3.8, 4) is 0 Å². The topological polar surface area (TPSA) is 73.6 Å². The molecule has 2 atom stereocenters. The van der Waals surface area contributed by atoms with Crippen LogP contribution in [0.25, 0.3) is 0 Å². The lowest BCUT2D eigenvalue weighted by Crippen LogP contribution is -2.46. The molecule has 1 heterocycles. The lowest BCUT2D eigenvalue weighted by atomic mass is 10.0. The first-order valence-electron chi connectivity index (χ1n) is 6.27. The second-order valence-electron chi connectivity index (χ2n) is 4.72. The number of amides is 1. The van der Waals surface area contributed by atoms with Gasteiger partial charge in [0.05, 0.1) is 6.61 Å². The molecule has 17 heavy (non-hydrogen) atoms. The summed E-state index contributed by atoms with van der Waals surface area (Å²) in [7, 11) is 1.66. The quantitative estimate of drug-likeness (QED) is 0.681. The van der Waals surface area contributed by atoms with Crippen LogP contribution in [-0.2, 0) is 14.3 Å². The van der Waals surface area contributed by atoms with Gasteiger partial charge in [0, 0.05) is 39.1 Å². The Hall–Kier alpha value is -0.650. The molecule has 0 aromatic rings. The molecule has 0 aromatic heterocycles. The van der Waals surface area contributed by atoms with Gasteiger partial charge < -0.3 is 20.5 Å². The molecule has 100 valence electrons. The molecule has 1 aliphatic rings. The number of nitrogens with two attached hydrogens (primary N) is 1. The zero-order chi connectivity index (χ0) is 12.7. The smallest absolute Gasteiger partial charge is 0.221 e. The van der Waals surface area contributed by atoms with Gasteiger partial charge in [-0.1, -0.05) is 13.3 Å². The number of rotatable bonds is 7. The molecule has 0 aromatic carbocycles. The molecule has 3 N–H and O–H groups in total. The van der Waals surface area contributed by atoms with Gasteiger partial charge in [-0.2, -0.15) is 0 Å². The minimum Gasteiger partial charge on any atom is -0.378 e. The first-order chi connectivity index (χ1) is 8.12. The first-order valence-corrected chi connectivity index (χ1v) is 6.27. The molecule has 0 bridgehead atoms. The van der Waals surface area contributed by atoms with Crippen molar-refractivity contribution in [2.75, 3.05) is 26.9 Å². The molecule has 0 spiro atoms. The number of nitrogens with one attached hydrogen (secondary N) is 1. The van der Waals surface area contributed by atoms with Crippen molar-refractivity contribution in [2.45, 2.75) is 44.2 Å². The van der Waals surface area contributed by atoms with Crippen LogP contribution in [0, 0.1) is 0 Å². The predicted molar refractivity (Wildman–Crippen MR) is 65.7 cm³/mol. The SMILES string of the molecule is CCCC(N)CC(=O)NCC1(OC)CCOC1. The molecular weight excluding hydrogens is 220 g/mol. The van der Waals surface area contributed by atoms with Gasteiger partial charge in [0.15, 0.2) is 0 Å². The second-order valence-corrected chi connectivity index (χ2v) is 4.72. The Morgan fingerprint density at radius 2 is 2.41 bits per heavy atom. The van der Waals surface area contributed by atoms with Crippen LogP contribution >= 0.6 is 0 Å². The normalized spacial score (nSPS) is 25.8. The third kappa shape index (κ3) is 4.61. The summed E-state index contributed by atoms with van der Waals surface area (Å²) in [5.74, 6) is -0.00530. The summed E-state index contributed by atoms with van der Waals surface area (Å²) in [5.41, 5.74) is 5.47. The monoisotopic (exact) mass is 244 g/mol. The highest BCUT2D eigenvalue weighted by molar-refractivity contribution is 5.76. The predicted octanol–water partition coefficient (Wildman–Crippen LogP) is 0.426. The van der Waals surface area contributed by atoms with Crippen molar-refractivity contribution in [3.05, 3.63) is 0 Å². The highest BCUT2D eigenvalue weighted by Gasteiger charge is 2.35. The summed E-state index contributed by atoms with van der Waals surface area (Å²) in [6, 6.07) is -0.0432. The van der Waals surface area contributed by atoms with E-state index in [2.05, 4.69) is 12.2 Å². The molecule has 0 saturated carbocycles. The van der Waals surface area contributed by atoms with Crippen molar-refractivity contribution in [1.82, 2.24) is 5.32 Å². The first kappa shape index (κ1) is 14.4. The van der Waals surface area contributed by atoms with Crippen molar-refractivity contribution in [2.24, 2.45) is 5.73 Å². The number of hydrogen-bond donors (Lipinski definition) is 2. The van der Waals surface area contributed by atoms with Crippen LogP contribution in [0.3, 0.4) is 0 Å². The molecule has 1 fully saturated rings. The Morgan fingerprint density at radius 3 is 2.94 bits per heavy atom. The van der Waals surface area contributed by atoms with Crippen LogP contribution in [0.4, 0.5) is 0 Å². The third-order valence-corrected chi connectivity index (χ3v) is 3.21. The van der Waals surface area contributed by atoms with Gasteiger partial charge in [-0.3, -0.25) is 4.79 Å². The van der Waals surface area contributed by atoms with Gasteiger partial charge in [-0.05, 0) is 6.42 Å². The van der Waals surface area contributed by atoms with E-state index >= 15 is 0 Å². The van der Waals surface area contributed by atoms with Gasteiger partial charge in [0.25, 0.3) is 0 Å². The van der Waals surface area contributed by atoms with Crippen molar-refractivity contribution < 1.29 is 14.3 Å². The molecule has 0 radical (unpaired) electrons. The van der Waals surface area contributed by atoms with Crippen LogP contribution in [0.1, 0.15) is 32.6 Å². The average molecular weight is 244 g/mol. The maximum Gasteiger partial charge on any atom is 0.221 e. The molecule has 1 rings (SSSR count). The highest BCUT2D eigenvalue weighted by atomic mass is 16.5. The fourth-order valence-corrected chi connectivity index (χ4v) is 2.00. The summed E-state index contributed by atoms with van der Waals surface area (Å²) in [6.07, 6.45) is 3.09. The third-order valence-electron chi connectivity index (χ3n) is 3.21. The van der Waals surface area contributed by atoms with Crippen molar-refractivity contribution in [3.63, 3.8) is 0 Å². The van der Waals surface area contributed by atoms with Crippen molar-refractivity contribution >= 4 is 5.91 Å². The maximum atomic E-state index is 11.7. The van der Waals surface area contributed by atoms with E-state index in [1.807, 2.05) is 0 Å². The number of methoxy groups -OCH3 is 1. The van der Waals surface area contributed by atoms with Gasteiger partial charge in [0.1, 0.15) is 5.60 Å². The Kier molecular flexibility index (Phi) is 5.88. The zero-order valence-corrected chi connectivity index (χ0v) is 10.8. The standard InChI is InChI=1S/C12H24N2O3/c1-3-4-10(13)7-11(15)14-8-12(16-2)5-6-17-9-12/h10H,3-9,13H2,1-2H3,(H,14,15). The second kappa shape index (κ2) is 6.93. The number of ether oxygens (including phenoxy) is 2. The van der Waals surface area contributed by atoms with Crippen molar-refractivity contribution in [1.29, 1.82) is 0 Å². The molecule has 5 nitrogen and oxygen atoms in total. The van der Waals surface area contributed by atoms with Crippen LogP contribution in [0.5, 0.6) is 0 Å². The molecule has 1 saturated heterocycles.